The van der Waals surface area contributed by atoms with Crippen LogP contribution in [0.25, 0.3) is 5.57 Å². The van der Waals surface area contributed by atoms with Crippen LogP contribution in [0.1, 0.15) is 43.2 Å². The summed E-state index contributed by atoms with van der Waals surface area (Å²) in [6.07, 6.45) is 5.50. The third-order valence-corrected chi connectivity index (χ3v) is 4.33. The maximum atomic E-state index is 15.2. The summed E-state index contributed by atoms with van der Waals surface area (Å²) >= 11 is 0. The summed E-state index contributed by atoms with van der Waals surface area (Å²) in [5.74, 6) is 0.168. The summed E-state index contributed by atoms with van der Waals surface area (Å²) < 4.78 is 15.2. The van der Waals surface area contributed by atoms with Crippen LogP contribution < -0.4 is 0 Å². The maximum Gasteiger partial charge on any atom is 0.111 e. The molecule has 1 fully saturated rings. The van der Waals surface area contributed by atoms with Gasteiger partial charge in [-0.3, -0.25) is 0 Å². The minimum absolute atomic E-state index is 0.0760. The average molecular weight is 280 g/mol. The van der Waals surface area contributed by atoms with Gasteiger partial charge in [-0.15, -0.1) is 0 Å². The molecule has 0 unspecified atom stereocenters. The lowest BCUT2D eigenvalue weighted by atomic mass is 9.84. The molecule has 0 radical (unpaired) electrons. The summed E-state index contributed by atoms with van der Waals surface area (Å²) in [5.41, 5.74) is 2.74. The Bertz CT molecular complexity index is 551. The van der Waals surface area contributed by atoms with E-state index in [4.69, 9.17) is 0 Å². The van der Waals surface area contributed by atoms with Crippen molar-refractivity contribution in [3.05, 3.63) is 77.6 Å². The zero-order valence-corrected chi connectivity index (χ0v) is 12.3. The van der Waals surface area contributed by atoms with E-state index in [1.54, 1.807) is 0 Å². The minimum Gasteiger partial charge on any atom is -0.211 e. The molecule has 1 heteroatoms. The van der Waals surface area contributed by atoms with Crippen molar-refractivity contribution in [3.8, 4) is 0 Å². The molecular weight excluding hydrogens is 259 g/mol. The van der Waals surface area contributed by atoms with Crippen molar-refractivity contribution in [1.82, 2.24) is 0 Å². The number of rotatable bonds is 3. The van der Waals surface area contributed by atoms with Crippen LogP contribution in [0.3, 0.4) is 0 Å². The van der Waals surface area contributed by atoms with E-state index in [0.29, 0.717) is 0 Å². The van der Waals surface area contributed by atoms with Gasteiger partial charge in [-0.05, 0) is 24.0 Å². The van der Waals surface area contributed by atoms with E-state index < -0.39 is 0 Å². The van der Waals surface area contributed by atoms with Gasteiger partial charge in [0.05, 0.1) is 0 Å². The van der Waals surface area contributed by atoms with Gasteiger partial charge in [0.1, 0.15) is 5.83 Å². The van der Waals surface area contributed by atoms with E-state index in [0.717, 1.165) is 42.4 Å². The molecule has 1 aliphatic rings. The fourth-order valence-electron chi connectivity index (χ4n) is 3.21. The van der Waals surface area contributed by atoms with Gasteiger partial charge in [-0.1, -0.05) is 79.9 Å². The van der Waals surface area contributed by atoms with Crippen molar-refractivity contribution in [3.63, 3.8) is 0 Å². The molecule has 0 bridgehead atoms. The highest BCUT2D eigenvalue weighted by Gasteiger charge is 2.22. The normalized spacial score (nSPS) is 15.7. The highest BCUT2D eigenvalue weighted by Crippen LogP contribution is 2.37. The van der Waals surface area contributed by atoms with Gasteiger partial charge >= 0.3 is 0 Å². The smallest absolute Gasteiger partial charge is 0.111 e. The molecule has 0 amide bonds. The van der Waals surface area contributed by atoms with Crippen LogP contribution in [0.4, 0.5) is 4.39 Å². The Morgan fingerprint density at radius 1 is 0.714 bits per heavy atom. The van der Waals surface area contributed by atoms with Gasteiger partial charge < -0.3 is 0 Å². The molecule has 1 aliphatic carbocycles. The number of allylic oxidation sites excluding steroid dienone is 1. The van der Waals surface area contributed by atoms with Crippen LogP contribution in [-0.2, 0) is 0 Å². The molecule has 0 aromatic heterocycles. The SMILES string of the molecule is FC(=C(c1ccccc1)c1ccccc1)C1CCCCC1. The van der Waals surface area contributed by atoms with Gasteiger partial charge in [0.2, 0.25) is 0 Å². The lowest BCUT2D eigenvalue weighted by molar-refractivity contribution is 0.350. The van der Waals surface area contributed by atoms with Crippen molar-refractivity contribution in [2.45, 2.75) is 32.1 Å². The first kappa shape index (κ1) is 14.1. The van der Waals surface area contributed by atoms with Crippen LogP contribution in [0.5, 0.6) is 0 Å². The van der Waals surface area contributed by atoms with Crippen molar-refractivity contribution in [2.24, 2.45) is 5.92 Å². The lowest BCUT2D eigenvalue weighted by Crippen LogP contribution is -2.09. The Kier molecular flexibility index (Phi) is 4.49. The molecule has 0 N–H and O–H groups in total. The lowest BCUT2D eigenvalue weighted by Gasteiger charge is -2.22. The molecule has 0 nitrogen and oxygen atoms in total. The predicted molar refractivity (Wildman–Crippen MR) is 86.6 cm³/mol. The summed E-state index contributed by atoms with van der Waals surface area (Å²) in [6, 6.07) is 19.9. The van der Waals surface area contributed by atoms with Crippen LogP contribution in [-0.4, -0.2) is 0 Å². The van der Waals surface area contributed by atoms with E-state index in [-0.39, 0.29) is 11.7 Å². The van der Waals surface area contributed by atoms with E-state index in [1.807, 2.05) is 60.7 Å². The first-order valence-electron chi connectivity index (χ1n) is 7.87. The van der Waals surface area contributed by atoms with Gasteiger partial charge in [-0.2, -0.15) is 0 Å². The van der Waals surface area contributed by atoms with Gasteiger partial charge in [0.25, 0.3) is 0 Å². The number of halogens is 1. The van der Waals surface area contributed by atoms with Crippen molar-refractivity contribution < 1.29 is 4.39 Å². The zero-order chi connectivity index (χ0) is 14.5. The van der Waals surface area contributed by atoms with E-state index in [9.17, 15) is 0 Å². The minimum atomic E-state index is 0.0760. The third-order valence-electron chi connectivity index (χ3n) is 4.33. The summed E-state index contributed by atoms with van der Waals surface area (Å²) in [6.45, 7) is 0. The molecule has 1 saturated carbocycles. The average Bonchev–Trinajstić information content (AvgIpc) is 2.58. The Morgan fingerprint density at radius 2 is 1.19 bits per heavy atom. The predicted octanol–water partition coefficient (Wildman–Crippen LogP) is 6.00. The third kappa shape index (κ3) is 3.24. The molecular formula is C20H21F. The standard InChI is InChI=1S/C20H21F/c21-20(18-14-8-3-9-15-18)19(16-10-4-1-5-11-16)17-12-6-2-7-13-17/h1-2,4-7,10-13,18H,3,8-9,14-15H2. The molecule has 0 saturated heterocycles. The number of benzene rings is 2. The van der Waals surface area contributed by atoms with Gasteiger partial charge in [-0.25, -0.2) is 4.39 Å². The van der Waals surface area contributed by atoms with Crippen molar-refractivity contribution in [1.29, 1.82) is 0 Å². The fourth-order valence-corrected chi connectivity index (χ4v) is 3.21. The summed E-state index contributed by atoms with van der Waals surface area (Å²) in [4.78, 5) is 0. The van der Waals surface area contributed by atoms with Crippen LogP contribution in [0.15, 0.2) is 66.5 Å². The highest BCUT2D eigenvalue weighted by atomic mass is 19.1. The molecule has 21 heavy (non-hydrogen) atoms. The first-order valence-corrected chi connectivity index (χ1v) is 7.87. The molecule has 0 spiro atoms. The molecule has 0 heterocycles. The molecule has 0 atom stereocenters. The Hall–Kier alpha value is -1.89. The maximum absolute atomic E-state index is 15.2. The zero-order valence-electron chi connectivity index (χ0n) is 12.3. The second kappa shape index (κ2) is 6.71. The van der Waals surface area contributed by atoms with Gasteiger partial charge in [0, 0.05) is 11.5 Å². The van der Waals surface area contributed by atoms with Crippen molar-refractivity contribution >= 4 is 5.57 Å². The number of hydrogen-bond acceptors (Lipinski definition) is 0. The Balaban J connectivity index is 2.07. The number of hydrogen-bond donors (Lipinski definition) is 0. The largest absolute Gasteiger partial charge is 0.211 e. The quantitative estimate of drug-likeness (QED) is 0.647. The van der Waals surface area contributed by atoms with Crippen molar-refractivity contribution in [2.75, 3.05) is 0 Å². The second-order valence-electron chi connectivity index (χ2n) is 5.79. The molecule has 3 rings (SSSR count). The summed E-state index contributed by atoms with van der Waals surface area (Å²) in [5, 5.41) is 0. The first-order chi connectivity index (χ1) is 10.4. The monoisotopic (exact) mass is 280 g/mol. The Morgan fingerprint density at radius 3 is 1.67 bits per heavy atom. The van der Waals surface area contributed by atoms with Gasteiger partial charge in [0.15, 0.2) is 0 Å². The Labute approximate surface area is 126 Å². The molecule has 108 valence electrons. The van der Waals surface area contributed by atoms with Crippen LogP contribution in [0.2, 0.25) is 0 Å². The van der Waals surface area contributed by atoms with E-state index in [2.05, 4.69) is 0 Å². The van der Waals surface area contributed by atoms with Crippen LogP contribution >= 0.6 is 0 Å². The molecule has 0 aliphatic heterocycles. The summed E-state index contributed by atoms with van der Waals surface area (Å²) in [7, 11) is 0. The topological polar surface area (TPSA) is 0 Å². The second-order valence-corrected chi connectivity index (χ2v) is 5.79. The van der Waals surface area contributed by atoms with Crippen LogP contribution in [0, 0.1) is 5.92 Å². The van der Waals surface area contributed by atoms with E-state index in [1.165, 1.54) is 6.42 Å². The molecule has 2 aromatic carbocycles. The highest BCUT2D eigenvalue weighted by molar-refractivity contribution is 5.81. The van der Waals surface area contributed by atoms with E-state index >= 15 is 4.39 Å². The molecule has 2 aromatic rings. The fraction of sp³-hybridized carbons (Fsp3) is 0.300.